The van der Waals surface area contributed by atoms with Gasteiger partial charge in [-0.25, -0.2) is 4.39 Å². The molecule has 2 heterocycles. The molecule has 0 bridgehead atoms. The molecule has 154 valence electrons. The smallest absolute Gasteiger partial charge is 0.227 e. The molecule has 1 aromatic heterocycles. The lowest BCUT2D eigenvalue weighted by molar-refractivity contribution is -0.131. The molecule has 4 rings (SSSR count). The SMILES string of the molecule is COc1ccc(CC(=O)N2CCC[C@H](c3cccc(-c4ccccc4F)n3)C2)cc1. The summed E-state index contributed by atoms with van der Waals surface area (Å²) in [5.74, 6) is 0.785. The molecular weight excluding hydrogens is 379 g/mol. The van der Waals surface area contributed by atoms with Gasteiger partial charge in [-0.2, -0.15) is 0 Å². The Hall–Kier alpha value is -3.21. The van der Waals surface area contributed by atoms with E-state index in [0.29, 0.717) is 24.2 Å². The van der Waals surface area contributed by atoms with E-state index in [1.165, 1.54) is 6.07 Å². The normalized spacial score (nSPS) is 16.3. The predicted octanol–water partition coefficient (Wildman–Crippen LogP) is 4.85. The monoisotopic (exact) mass is 404 g/mol. The van der Waals surface area contributed by atoms with E-state index in [1.807, 2.05) is 53.4 Å². The van der Waals surface area contributed by atoms with Gasteiger partial charge in [0.05, 0.1) is 19.2 Å². The molecule has 30 heavy (non-hydrogen) atoms. The van der Waals surface area contributed by atoms with Crippen molar-refractivity contribution in [3.05, 3.63) is 83.8 Å². The Labute approximate surface area is 176 Å². The summed E-state index contributed by atoms with van der Waals surface area (Å²) in [6.45, 7) is 1.40. The third kappa shape index (κ3) is 4.51. The number of hydrogen-bond acceptors (Lipinski definition) is 3. The number of carbonyl (C=O) groups is 1. The van der Waals surface area contributed by atoms with Crippen LogP contribution in [0.25, 0.3) is 11.3 Å². The molecule has 0 spiro atoms. The van der Waals surface area contributed by atoms with Gasteiger partial charge in [0.1, 0.15) is 11.6 Å². The molecule has 0 aliphatic carbocycles. The maximum atomic E-state index is 14.2. The Morgan fingerprint density at radius 2 is 1.90 bits per heavy atom. The Bertz CT molecular complexity index is 1020. The largest absolute Gasteiger partial charge is 0.497 e. The summed E-state index contributed by atoms with van der Waals surface area (Å²) in [5.41, 5.74) is 3.02. The molecule has 5 heteroatoms. The zero-order valence-electron chi connectivity index (χ0n) is 17.1. The van der Waals surface area contributed by atoms with Crippen molar-refractivity contribution in [3.8, 4) is 17.0 Å². The van der Waals surface area contributed by atoms with Gasteiger partial charge in [0.15, 0.2) is 0 Å². The van der Waals surface area contributed by atoms with E-state index >= 15 is 0 Å². The number of pyridine rings is 1. The molecule has 3 aromatic rings. The second kappa shape index (κ2) is 9.08. The molecule has 2 aromatic carbocycles. The van der Waals surface area contributed by atoms with Crippen LogP contribution < -0.4 is 4.74 Å². The van der Waals surface area contributed by atoms with Crippen molar-refractivity contribution in [1.82, 2.24) is 9.88 Å². The Morgan fingerprint density at radius 1 is 1.10 bits per heavy atom. The molecule has 1 fully saturated rings. The molecule has 4 nitrogen and oxygen atoms in total. The minimum absolute atomic E-state index is 0.120. The van der Waals surface area contributed by atoms with E-state index < -0.39 is 0 Å². The van der Waals surface area contributed by atoms with Crippen molar-refractivity contribution in [1.29, 1.82) is 0 Å². The number of nitrogens with zero attached hydrogens (tertiary/aromatic N) is 2. The van der Waals surface area contributed by atoms with Gasteiger partial charge < -0.3 is 9.64 Å². The van der Waals surface area contributed by atoms with Crippen LogP contribution in [0.4, 0.5) is 4.39 Å². The van der Waals surface area contributed by atoms with Crippen LogP contribution >= 0.6 is 0 Å². The third-order valence-electron chi connectivity index (χ3n) is 5.63. The van der Waals surface area contributed by atoms with Crippen molar-refractivity contribution in [2.75, 3.05) is 20.2 Å². The first-order chi connectivity index (χ1) is 14.6. The molecule has 1 aliphatic rings. The van der Waals surface area contributed by atoms with Crippen LogP contribution in [-0.2, 0) is 11.2 Å². The predicted molar refractivity (Wildman–Crippen MR) is 115 cm³/mol. The zero-order chi connectivity index (χ0) is 20.9. The van der Waals surface area contributed by atoms with E-state index in [0.717, 1.165) is 36.4 Å². The van der Waals surface area contributed by atoms with Gasteiger partial charge in [0.25, 0.3) is 0 Å². The number of aromatic nitrogens is 1. The molecular formula is C25H25FN2O2. The van der Waals surface area contributed by atoms with Gasteiger partial charge in [-0.05, 0) is 54.8 Å². The lowest BCUT2D eigenvalue weighted by atomic mass is 9.93. The Balaban J connectivity index is 1.46. The number of rotatable bonds is 5. The number of halogens is 1. The van der Waals surface area contributed by atoms with Crippen molar-refractivity contribution < 1.29 is 13.9 Å². The fraction of sp³-hybridized carbons (Fsp3) is 0.280. The highest BCUT2D eigenvalue weighted by molar-refractivity contribution is 5.79. The number of benzene rings is 2. The summed E-state index contributed by atoms with van der Waals surface area (Å²) in [6, 6.07) is 20.0. The zero-order valence-corrected chi connectivity index (χ0v) is 17.1. The van der Waals surface area contributed by atoms with Crippen LogP contribution in [0.1, 0.15) is 30.0 Å². The van der Waals surface area contributed by atoms with E-state index in [4.69, 9.17) is 9.72 Å². The fourth-order valence-electron chi connectivity index (χ4n) is 3.97. The molecule has 0 N–H and O–H groups in total. The van der Waals surface area contributed by atoms with Crippen molar-refractivity contribution in [3.63, 3.8) is 0 Å². The first-order valence-corrected chi connectivity index (χ1v) is 10.3. The first-order valence-electron chi connectivity index (χ1n) is 10.3. The van der Waals surface area contributed by atoms with Crippen LogP contribution in [0.5, 0.6) is 5.75 Å². The van der Waals surface area contributed by atoms with E-state index in [1.54, 1.807) is 19.2 Å². The van der Waals surface area contributed by atoms with Gasteiger partial charge >= 0.3 is 0 Å². The highest BCUT2D eigenvalue weighted by atomic mass is 19.1. The Kier molecular flexibility index (Phi) is 6.07. The maximum Gasteiger partial charge on any atom is 0.227 e. The summed E-state index contributed by atoms with van der Waals surface area (Å²) in [5, 5.41) is 0. The van der Waals surface area contributed by atoms with Gasteiger partial charge in [-0.15, -0.1) is 0 Å². The van der Waals surface area contributed by atoms with Gasteiger partial charge in [-0.3, -0.25) is 9.78 Å². The lowest BCUT2D eigenvalue weighted by Gasteiger charge is -2.32. The van der Waals surface area contributed by atoms with E-state index in [9.17, 15) is 9.18 Å². The maximum absolute atomic E-state index is 14.2. The molecule has 1 amide bonds. The number of hydrogen-bond donors (Lipinski definition) is 0. The average molecular weight is 404 g/mol. The lowest BCUT2D eigenvalue weighted by Crippen LogP contribution is -2.40. The van der Waals surface area contributed by atoms with Crippen LogP contribution in [0.2, 0.25) is 0 Å². The van der Waals surface area contributed by atoms with Crippen LogP contribution in [-0.4, -0.2) is 36.0 Å². The van der Waals surface area contributed by atoms with Gasteiger partial charge in [0, 0.05) is 30.3 Å². The summed E-state index contributed by atoms with van der Waals surface area (Å²) < 4.78 is 19.3. The Morgan fingerprint density at radius 3 is 2.67 bits per heavy atom. The van der Waals surface area contributed by atoms with Crippen LogP contribution in [0.3, 0.4) is 0 Å². The van der Waals surface area contributed by atoms with Crippen molar-refractivity contribution in [2.45, 2.75) is 25.2 Å². The number of amides is 1. The molecule has 0 radical (unpaired) electrons. The molecule has 1 saturated heterocycles. The molecule has 1 aliphatic heterocycles. The highest BCUT2D eigenvalue weighted by Crippen LogP contribution is 2.29. The summed E-state index contributed by atoms with van der Waals surface area (Å²) in [7, 11) is 1.63. The second-order valence-corrected chi connectivity index (χ2v) is 7.63. The summed E-state index contributed by atoms with van der Waals surface area (Å²) in [4.78, 5) is 19.5. The van der Waals surface area contributed by atoms with Crippen molar-refractivity contribution in [2.24, 2.45) is 0 Å². The fourth-order valence-corrected chi connectivity index (χ4v) is 3.97. The third-order valence-corrected chi connectivity index (χ3v) is 5.63. The molecule has 0 unspecified atom stereocenters. The summed E-state index contributed by atoms with van der Waals surface area (Å²) in [6.07, 6.45) is 2.28. The van der Waals surface area contributed by atoms with Gasteiger partial charge in [0.2, 0.25) is 5.91 Å². The van der Waals surface area contributed by atoms with E-state index in [-0.39, 0.29) is 17.6 Å². The number of methoxy groups -OCH3 is 1. The van der Waals surface area contributed by atoms with Gasteiger partial charge in [-0.1, -0.05) is 30.3 Å². The van der Waals surface area contributed by atoms with E-state index in [2.05, 4.69) is 0 Å². The van der Waals surface area contributed by atoms with Crippen molar-refractivity contribution >= 4 is 5.91 Å². The first kappa shape index (κ1) is 20.1. The summed E-state index contributed by atoms with van der Waals surface area (Å²) >= 11 is 0. The van der Waals surface area contributed by atoms with Crippen LogP contribution in [0, 0.1) is 5.82 Å². The highest BCUT2D eigenvalue weighted by Gasteiger charge is 2.26. The number of carbonyl (C=O) groups excluding carboxylic acids is 1. The minimum atomic E-state index is -0.276. The topological polar surface area (TPSA) is 42.4 Å². The average Bonchev–Trinajstić information content (AvgIpc) is 2.80. The minimum Gasteiger partial charge on any atom is -0.497 e. The standard InChI is InChI=1S/C25H25FN2O2/c1-30-20-13-11-18(12-14-20)16-25(29)28-15-5-6-19(17-28)23-9-4-10-24(27-23)21-7-2-3-8-22(21)26/h2-4,7-14,19H,5-6,15-17H2,1H3/t19-/m0/s1. The number of piperidine rings is 1. The molecule has 1 atom stereocenters. The quantitative estimate of drug-likeness (QED) is 0.611. The molecule has 0 saturated carbocycles. The second-order valence-electron chi connectivity index (χ2n) is 7.63. The number of likely N-dealkylation sites (tertiary alicyclic amines) is 1. The number of ether oxygens (including phenoxy) is 1. The van der Waals surface area contributed by atoms with Crippen LogP contribution in [0.15, 0.2) is 66.7 Å².